The van der Waals surface area contributed by atoms with Crippen molar-refractivity contribution in [2.45, 2.75) is 4.90 Å². The van der Waals surface area contributed by atoms with E-state index in [0.29, 0.717) is 5.02 Å². The molecule has 0 aromatic heterocycles. The second-order valence-corrected chi connectivity index (χ2v) is 5.33. The molecule has 3 amide bonds. The van der Waals surface area contributed by atoms with Crippen LogP contribution in [0.5, 0.6) is 0 Å². The summed E-state index contributed by atoms with van der Waals surface area (Å²) < 4.78 is 0. The van der Waals surface area contributed by atoms with Crippen LogP contribution in [-0.4, -0.2) is 41.5 Å². The van der Waals surface area contributed by atoms with Crippen molar-refractivity contribution in [3.63, 3.8) is 0 Å². The van der Waals surface area contributed by atoms with Gasteiger partial charge in [-0.3, -0.25) is 14.4 Å². The molecule has 0 saturated carbocycles. The van der Waals surface area contributed by atoms with Gasteiger partial charge >= 0.3 is 0 Å². The maximum absolute atomic E-state index is 11.9. The van der Waals surface area contributed by atoms with Gasteiger partial charge in [0.1, 0.15) is 0 Å². The van der Waals surface area contributed by atoms with Gasteiger partial charge in [0.2, 0.25) is 17.7 Å². The fourth-order valence-corrected chi connectivity index (χ4v) is 2.54. The van der Waals surface area contributed by atoms with Crippen LogP contribution in [0.1, 0.15) is 0 Å². The van der Waals surface area contributed by atoms with Crippen molar-refractivity contribution in [1.82, 2.24) is 4.90 Å². The lowest BCUT2D eigenvalue weighted by atomic mass is 10.4. The molecule has 0 bridgehead atoms. The molecule has 0 aliphatic carbocycles. The number of amides is 3. The number of carbonyl (C=O) groups is 3. The molecule has 1 aromatic carbocycles. The van der Waals surface area contributed by atoms with E-state index in [1.54, 1.807) is 24.3 Å². The molecule has 0 spiro atoms. The Morgan fingerprint density at radius 2 is 1.65 bits per heavy atom. The van der Waals surface area contributed by atoms with E-state index >= 15 is 0 Å². The lowest BCUT2D eigenvalue weighted by molar-refractivity contribution is -0.136. The molecule has 4 N–H and O–H groups in total. The van der Waals surface area contributed by atoms with Crippen LogP contribution in [0.3, 0.4) is 0 Å². The zero-order chi connectivity index (χ0) is 15.1. The van der Waals surface area contributed by atoms with Crippen LogP contribution in [0.25, 0.3) is 0 Å². The predicted octanol–water partition coefficient (Wildman–Crippen LogP) is 0.231. The zero-order valence-corrected chi connectivity index (χ0v) is 12.1. The number of rotatable bonds is 7. The summed E-state index contributed by atoms with van der Waals surface area (Å²) in [5, 5.41) is 0.529. The van der Waals surface area contributed by atoms with Crippen LogP contribution in [0.2, 0.25) is 5.02 Å². The summed E-state index contributed by atoms with van der Waals surface area (Å²) in [7, 11) is 0. The number of hydrogen-bond acceptors (Lipinski definition) is 4. The van der Waals surface area contributed by atoms with Crippen LogP contribution in [0, 0.1) is 0 Å². The highest BCUT2D eigenvalue weighted by Crippen LogP contribution is 2.26. The molecule has 0 saturated heterocycles. The van der Waals surface area contributed by atoms with Gasteiger partial charge in [-0.2, -0.15) is 0 Å². The molecule has 0 fully saturated rings. The Morgan fingerprint density at radius 1 is 1.10 bits per heavy atom. The number of benzene rings is 1. The van der Waals surface area contributed by atoms with Crippen LogP contribution in [-0.2, 0) is 14.4 Å². The highest BCUT2D eigenvalue weighted by molar-refractivity contribution is 8.00. The number of carbonyl (C=O) groups excluding carboxylic acids is 3. The molecule has 20 heavy (non-hydrogen) atoms. The van der Waals surface area contributed by atoms with Crippen LogP contribution in [0.15, 0.2) is 29.2 Å². The first kappa shape index (κ1) is 16.3. The Labute approximate surface area is 125 Å². The number of thioether (sulfide) groups is 1. The lowest BCUT2D eigenvalue weighted by Crippen LogP contribution is -2.44. The lowest BCUT2D eigenvalue weighted by Gasteiger charge is -2.19. The molecular formula is C12H14ClN3O3S. The van der Waals surface area contributed by atoms with Crippen LogP contribution < -0.4 is 11.5 Å². The summed E-state index contributed by atoms with van der Waals surface area (Å²) in [6.45, 7) is -0.685. The predicted molar refractivity (Wildman–Crippen MR) is 77.1 cm³/mol. The highest BCUT2D eigenvalue weighted by atomic mass is 35.5. The van der Waals surface area contributed by atoms with Gasteiger partial charge in [0.15, 0.2) is 0 Å². The summed E-state index contributed by atoms with van der Waals surface area (Å²) in [6, 6.07) is 7.05. The molecule has 0 aliphatic heterocycles. The fraction of sp³-hybridized carbons (Fsp3) is 0.250. The molecule has 0 heterocycles. The Bertz CT molecular complexity index is 508. The third-order valence-corrected chi connectivity index (χ3v) is 3.73. The Hall–Kier alpha value is -1.73. The maximum atomic E-state index is 11.9. The van der Waals surface area contributed by atoms with Crippen molar-refractivity contribution < 1.29 is 14.4 Å². The molecule has 0 atom stereocenters. The van der Waals surface area contributed by atoms with Crippen molar-refractivity contribution in [1.29, 1.82) is 0 Å². The molecule has 8 heteroatoms. The van der Waals surface area contributed by atoms with Crippen molar-refractivity contribution in [2.75, 3.05) is 18.8 Å². The van der Waals surface area contributed by atoms with Gasteiger partial charge in [0.25, 0.3) is 0 Å². The molecule has 108 valence electrons. The molecule has 0 unspecified atom stereocenters. The maximum Gasteiger partial charge on any atom is 0.237 e. The second-order valence-electron chi connectivity index (χ2n) is 3.90. The van der Waals surface area contributed by atoms with E-state index in [4.69, 9.17) is 23.1 Å². The summed E-state index contributed by atoms with van der Waals surface area (Å²) in [5.74, 6) is -1.79. The SMILES string of the molecule is NC(=O)CN(CC(N)=O)C(=O)CSc1ccccc1Cl. The number of hydrogen-bond donors (Lipinski definition) is 2. The van der Waals surface area contributed by atoms with E-state index < -0.39 is 17.7 Å². The number of nitrogens with two attached hydrogens (primary N) is 2. The van der Waals surface area contributed by atoms with Crippen molar-refractivity contribution in [3.8, 4) is 0 Å². The first-order valence-corrected chi connectivity index (χ1v) is 6.98. The minimum Gasteiger partial charge on any atom is -0.368 e. The zero-order valence-electron chi connectivity index (χ0n) is 10.5. The normalized spacial score (nSPS) is 10.1. The average Bonchev–Trinajstić information content (AvgIpc) is 2.35. The minimum absolute atomic E-state index is 0.0320. The molecule has 0 radical (unpaired) electrons. The smallest absolute Gasteiger partial charge is 0.237 e. The van der Waals surface area contributed by atoms with E-state index in [9.17, 15) is 14.4 Å². The Kier molecular flexibility index (Phi) is 6.33. The summed E-state index contributed by atoms with van der Waals surface area (Å²) in [4.78, 5) is 35.4. The van der Waals surface area contributed by atoms with Gasteiger partial charge in [-0.25, -0.2) is 0 Å². The van der Waals surface area contributed by atoms with Gasteiger partial charge in [-0.15, -0.1) is 11.8 Å². The quantitative estimate of drug-likeness (QED) is 0.702. The summed E-state index contributed by atoms with van der Waals surface area (Å²) in [5.41, 5.74) is 10.1. The van der Waals surface area contributed by atoms with Crippen molar-refractivity contribution >= 4 is 41.1 Å². The van der Waals surface area contributed by atoms with E-state index in [2.05, 4.69) is 0 Å². The van der Waals surface area contributed by atoms with Gasteiger partial charge < -0.3 is 16.4 Å². The Morgan fingerprint density at radius 3 is 2.15 bits per heavy atom. The Balaban J connectivity index is 2.64. The number of nitrogens with zero attached hydrogens (tertiary/aromatic N) is 1. The van der Waals surface area contributed by atoms with Crippen LogP contribution in [0.4, 0.5) is 0 Å². The van der Waals surface area contributed by atoms with Gasteiger partial charge in [-0.1, -0.05) is 23.7 Å². The first-order chi connectivity index (χ1) is 9.40. The third-order valence-electron chi connectivity index (χ3n) is 2.23. The van der Waals surface area contributed by atoms with Crippen molar-refractivity contribution in [3.05, 3.63) is 29.3 Å². The molecule has 1 rings (SSSR count). The van der Waals surface area contributed by atoms with E-state index in [1.165, 1.54) is 11.8 Å². The molecule has 1 aromatic rings. The van der Waals surface area contributed by atoms with Gasteiger partial charge in [-0.05, 0) is 12.1 Å². The number of halogens is 1. The fourth-order valence-electron chi connectivity index (χ4n) is 1.40. The third kappa shape index (κ3) is 5.50. The van der Waals surface area contributed by atoms with Crippen molar-refractivity contribution in [2.24, 2.45) is 11.5 Å². The monoisotopic (exact) mass is 315 g/mol. The summed E-state index contributed by atoms with van der Waals surface area (Å²) in [6.07, 6.45) is 0. The average molecular weight is 316 g/mol. The number of primary amides is 2. The van der Waals surface area contributed by atoms with Gasteiger partial charge in [0.05, 0.1) is 23.9 Å². The largest absolute Gasteiger partial charge is 0.368 e. The standard InChI is InChI=1S/C12H14ClN3O3S/c13-8-3-1-2-4-9(8)20-7-12(19)16(5-10(14)17)6-11(15)18/h1-4H,5-7H2,(H2,14,17)(H2,15,18). The van der Waals surface area contributed by atoms with E-state index in [1.807, 2.05) is 0 Å². The minimum atomic E-state index is -0.706. The summed E-state index contributed by atoms with van der Waals surface area (Å²) >= 11 is 7.17. The molecule has 0 aliphatic rings. The highest BCUT2D eigenvalue weighted by Gasteiger charge is 2.18. The van der Waals surface area contributed by atoms with E-state index in [-0.39, 0.29) is 18.8 Å². The topological polar surface area (TPSA) is 106 Å². The first-order valence-electron chi connectivity index (χ1n) is 5.62. The van der Waals surface area contributed by atoms with Crippen LogP contribution >= 0.6 is 23.4 Å². The van der Waals surface area contributed by atoms with Gasteiger partial charge in [0, 0.05) is 4.90 Å². The molecule has 6 nitrogen and oxygen atoms in total. The molecular weight excluding hydrogens is 302 g/mol. The van der Waals surface area contributed by atoms with E-state index in [0.717, 1.165) is 9.80 Å². The second kappa shape index (κ2) is 7.76.